The monoisotopic (exact) mass is 253 g/mol. The lowest BCUT2D eigenvalue weighted by atomic mass is 9.65. The second-order valence-electron chi connectivity index (χ2n) is 6.48. The lowest BCUT2D eigenvalue weighted by molar-refractivity contribution is -0.156. The smallest absolute Gasteiger partial charge is 0.309 e. The first-order chi connectivity index (χ1) is 8.30. The summed E-state index contributed by atoms with van der Waals surface area (Å²) in [5.74, 6) is -0.747. The number of rotatable bonds is 2. The molecule has 0 unspecified atom stereocenters. The third-order valence-electron chi connectivity index (χ3n) is 5.41. The van der Waals surface area contributed by atoms with E-state index in [-0.39, 0.29) is 11.8 Å². The first-order valence-electron chi connectivity index (χ1n) is 6.83. The standard InChI is InChI=1S/C14H23NO3/c1-13(2)10(6-7-14(13,3)12(17)18)11(16)15-8-4-5-9-15/h10H,4-9H2,1-3H3,(H,17,18)/t10-,14-/m1/s1. The highest BCUT2D eigenvalue weighted by Gasteiger charge is 2.58. The van der Waals surface area contributed by atoms with Gasteiger partial charge in [-0.25, -0.2) is 0 Å². The second-order valence-corrected chi connectivity index (χ2v) is 6.48. The molecule has 2 rings (SSSR count). The van der Waals surface area contributed by atoms with Crippen molar-refractivity contribution in [2.45, 2.75) is 46.5 Å². The summed E-state index contributed by atoms with van der Waals surface area (Å²) in [4.78, 5) is 25.9. The molecule has 0 aromatic heterocycles. The lowest BCUT2D eigenvalue weighted by Gasteiger charge is -2.38. The molecule has 0 bridgehead atoms. The molecule has 2 aliphatic rings. The molecule has 18 heavy (non-hydrogen) atoms. The molecule has 1 aliphatic heterocycles. The molecule has 1 saturated heterocycles. The molecular weight excluding hydrogens is 230 g/mol. The number of hydrogen-bond donors (Lipinski definition) is 1. The fourth-order valence-electron chi connectivity index (χ4n) is 3.47. The average Bonchev–Trinajstić information content (AvgIpc) is 2.87. The summed E-state index contributed by atoms with van der Waals surface area (Å²) >= 11 is 0. The van der Waals surface area contributed by atoms with Gasteiger partial charge < -0.3 is 10.0 Å². The van der Waals surface area contributed by atoms with Crippen LogP contribution < -0.4 is 0 Å². The summed E-state index contributed by atoms with van der Waals surface area (Å²) in [6.45, 7) is 7.34. The maximum Gasteiger partial charge on any atom is 0.309 e. The number of amides is 1. The zero-order chi connectivity index (χ0) is 13.6. The van der Waals surface area contributed by atoms with Crippen LogP contribution in [0.5, 0.6) is 0 Å². The minimum Gasteiger partial charge on any atom is -0.481 e. The van der Waals surface area contributed by atoms with Crippen molar-refractivity contribution in [2.75, 3.05) is 13.1 Å². The van der Waals surface area contributed by atoms with E-state index in [9.17, 15) is 14.7 Å². The Kier molecular flexibility index (Phi) is 3.16. The predicted molar refractivity (Wildman–Crippen MR) is 68.1 cm³/mol. The van der Waals surface area contributed by atoms with Gasteiger partial charge in [0.25, 0.3) is 0 Å². The van der Waals surface area contributed by atoms with Gasteiger partial charge in [-0.3, -0.25) is 9.59 Å². The van der Waals surface area contributed by atoms with Crippen LogP contribution in [0.3, 0.4) is 0 Å². The van der Waals surface area contributed by atoms with Crippen molar-refractivity contribution in [2.24, 2.45) is 16.7 Å². The zero-order valence-corrected chi connectivity index (χ0v) is 11.5. The van der Waals surface area contributed by atoms with E-state index >= 15 is 0 Å². The molecule has 0 aromatic rings. The number of likely N-dealkylation sites (tertiary alicyclic amines) is 1. The summed E-state index contributed by atoms with van der Waals surface area (Å²) in [5.41, 5.74) is -1.26. The van der Waals surface area contributed by atoms with Crippen molar-refractivity contribution >= 4 is 11.9 Å². The molecule has 102 valence electrons. The van der Waals surface area contributed by atoms with Crippen LogP contribution in [0.25, 0.3) is 0 Å². The van der Waals surface area contributed by atoms with Crippen LogP contribution in [0.4, 0.5) is 0 Å². The van der Waals surface area contributed by atoms with Gasteiger partial charge in [-0.05, 0) is 38.0 Å². The number of carbonyl (C=O) groups excluding carboxylic acids is 1. The Balaban J connectivity index is 2.21. The SMILES string of the molecule is CC1(C)[C@@H](C(=O)N2CCCC2)CC[C@]1(C)C(=O)O. The lowest BCUT2D eigenvalue weighted by Crippen LogP contribution is -2.46. The van der Waals surface area contributed by atoms with E-state index in [4.69, 9.17) is 0 Å². The van der Waals surface area contributed by atoms with Crippen LogP contribution in [0.15, 0.2) is 0 Å². The molecule has 1 aliphatic carbocycles. The molecule has 0 radical (unpaired) electrons. The van der Waals surface area contributed by atoms with E-state index in [0.29, 0.717) is 12.8 Å². The van der Waals surface area contributed by atoms with E-state index in [0.717, 1.165) is 25.9 Å². The Bertz CT molecular complexity index is 371. The maximum absolute atomic E-state index is 12.5. The van der Waals surface area contributed by atoms with Crippen molar-refractivity contribution in [3.8, 4) is 0 Å². The van der Waals surface area contributed by atoms with Crippen molar-refractivity contribution in [3.05, 3.63) is 0 Å². The third-order valence-corrected chi connectivity index (χ3v) is 5.41. The second kappa shape index (κ2) is 4.25. The van der Waals surface area contributed by atoms with Crippen molar-refractivity contribution in [3.63, 3.8) is 0 Å². The molecule has 1 saturated carbocycles. The summed E-state index contributed by atoms with van der Waals surface area (Å²) < 4.78 is 0. The zero-order valence-electron chi connectivity index (χ0n) is 11.5. The van der Waals surface area contributed by atoms with E-state index in [2.05, 4.69) is 0 Å². The van der Waals surface area contributed by atoms with Crippen LogP contribution in [0, 0.1) is 16.7 Å². The summed E-state index contributed by atoms with van der Waals surface area (Å²) in [6.07, 6.45) is 3.45. The van der Waals surface area contributed by atoms with E-state index in [1.807, 2.05) is 18.7 Å². The van der Waals surface area contributed by atoms with Crippen LogP contribution in [0.2, 0.25) is 0 Å². The van der Waals surface area contributed by atoms with Gasteiger partial charge in [0.15, 0.2) is 0 Å². The number of aliphatic carboxylic acids is 1. The molecule has 2 atom stereocenters. The van der Waals surface area contributed by atoms with Crippen LogP contribution >= 0.6 is 0 Å². The van der Waals surface area contributed by atoms with Crippen molar-refractivity contribution < 1.29 is 14.7 Å². The molecule has 0 spiro atoms. The fraction of sp³-hybridized carbons (Fsp3) is 0.857. The minimum atomic E-state index is -0.785. The van der Waals surface area contributed by atoms with Gasteiger partial charge in [-0.2, -0.15) is 0 Å². The van der Waals surface area contributed by atoms with Gasteiger partial charge in [-0.15, -0.1) is 0 Å². The topological polar surface area (TPSA) is 57.6 Å². The first kappa shape index (κ1) is 13.4. The first-order valence-corrected chi connectivity index (χ1v) is 6.83. The molecular formula is C14H23NO3. The number of carbonyl (C=O) groups is 2. The average molecular weight is 253 g/mol. The number of carboxylic acids is 1. The highest BCUT2D eigenvalue weighted by Crippen LogP contribution is 2.56. The fourth-order valence-corrected chi connectivity index (χ4v) is 3.47. The molecule has 4 heteroatoms. The number of carboxylic acid groups (broad SMARTS) is 1. The third kappa shape index (κ3) is 1.73. The largest absolute Gasteiger partial charge is 0.481 e. The summed E-state index contributed by atoms with van der Waals surface area (Å²) in [6, 6.07) is 0. The quantitative estimate of drug-likeness (QED) is 0.820. The highest BCUT2D eigenvalue weighted by atomic mass is 16.4. The molecule has 1 heterocycles. The highest BCUT2D eigenvalue weighted by molar-refractivity contribution is 5.84. The van der Waals surface area contributed by atoms with Gasteiger partial charge in [0.05, 0.1) is 5.41 Å². The van der Waals surface area contributed by atoms with Crippen LogP contribution in [-0.2, 0) is 9.59 Å². The predicted octanol–water partition coefficient (Wildman–Crippen LogP) is 2.14. The minimum absolute atomic E-state index is 0.142. The van der Waals surface area contributed by atoms with Crippen LogP contribution in [-0.4, -0.2) is 35.0 Å². The van der Waals surface area contributed by atoms with Crippen molar-refractivity contribution in [1.29, 1.82) is 0 Å². The number of nitrogens with zero attached hydrogens (tertiary/aromatic N) is 1. The molecule has 0 aromatic carbocycles. The van der Waals surface area contributed by atoms with Gasteiger partial charge in [0.1, 0.15) is 0 Å². The molecule has 2 fully saturated rings. The maximum atomic E-state index is 12.5. The van der Waals surface area contributed by atoms with Gasteiger partial charge in [0.2, 0.25) is 5.91 Å². The molecule has 1 N–H and O–H groups in total. The normalized spacial score (nSPS) is 34.8. The molecule has 1 amide bonds. The molecule has 4 nitrogen and oxygen atoms in total. The van der Waals surface area contributed by atoms with Gasteiger partial charge >= 0.3 is 5.97 Å². The van der Waals surface area contributed by atoms with Gasteiger partial charge in [0, 0.05) is 19.0 Å². The van der Waals surface area contributed by atoms with E-state index in [1.165, 1.54) is 0 Å². The summed E-state index contributed by atoms with van der Waals surface area (Å²) in [5, 5.41) is 9.45. The summed E-state index contributed by atoms with van der Waals surface area (Å²) in [7, 11) is 0. The Labute approximate surface area is 108 Å². The van der Waals surface area contributed by atoms with Crippen molar-refractivity contribution in [1.82, 2.24) is 4.90 Å². The van der Waals surface area contributed by atoms with E-state index in [1.54, 1.807) is 6.92 Å². The Hall–Kier alpha value is -1.06. The number of hydrogen-bond acceptors (Lipinski definition) is 2. The Morgan fingerprint density at radius 1 is 1.17 bits per heavy atom. The Morgan fingerprint density at radius 3 is 2.17 bits per heavy atom. The van der Waals surface area contributed by atoms with Crippen LogP contribution in [0.1, 0.15) is 46.5 Å². The Morgan fingerprint density at radius 2 is 1.72 bits per heavy atom. The van der Waals surface area contributed by atoms with E-state index < -0.39 is 16.8 Å². The van der Waals surface area contributed by atoms with Gasteiger partial charge in [-0.1, -0.05) is 13.8 Å².